The van der Waals surface area contributed by atoms with Crippen LogP contribution in [-0.2, 0) is 0 Å². The number of anilines is 1. The second-order valence-electron chi connectivity index (χ2n) is 3.82. The van der Waals surface area contributed by atoms with Crippen LogP contribution < -0.4 is 11.1 Å². The number of hydrogen-bond donors (Lipinski definition) is 2. The quantitative estimate of drug-likeness (QED) is 0.853. The first-order valence-corrected chi connectivity index (χ1v) is 6.17. The summed E-state index contributed by atoms with van der Waals surface area (Å²) in [5.41, 5.74) is 9.79. The van der Waals surface area contributed by atoms with Crippen molar-refractivity contribution in [2.45, 2.75) is 13.0 Å². The molecule has 0 radical (unpaired) electrons. The average molecular weight is 232 g/mol. The van der Waals surface area contributed by atoms with Crippen LogP contribution in [0.2, 0.25) is 0 Å². The molecule has 16 heavy (non-hydrogen) atoms. The minimum Gasteiger partial charge on any atom is -0.388 e. The summed E-state index contributed by atoms with van der Waals surface area (Å²) in [6.45, 7) is 2.10. The summed E-state index contributed by atoms with van der Waals surface area (Å²) in [6, 6.07) is 10.3. The summed E-state index contributed by atoms with van der Waals surface area (Å²) < 4.78 is 0. The predicted octanol–water partition coefficient (Wildman–Crippen LogP) is 3.15. The summed E-state index contributed by atoms with van der Waals surface area (Å²) in [6.07, 6.45) is 0. The topological polar surface area (TPSA) is 38.0 Å². The van der Waals surface area contributed by atoms with Crippen molar-refractivity contribution in [1.82, 2.24) is 0 Å². The van der Waals surface area contributed by atoms with Gasteiger partial charge < -0.3 is 11.1 Å². The highest BCUT2D eigenvalue weighted by Crippen LogP contribution is 2.28. The molecule has 3 N–H and O–H groups in total. The van der Waals surface area contributed by atoms with Crippen LogP contribution in [0.1, 0.15) is 22.0 Å². The van der Waals surface area contributed by atoms with Crippen LogP contribution in [0.3, 0.4) is 0 Å². The van der Waals surface area contributed by atoms with Gasteiger partial charge in [-0.05, 0) is 41.6 Å². The Morgan fingerprint density at radius 1 is 1.31 bits per heavy atom. The zero-order valence-electron chi connectivity index (χ0n) is 9.53. The van der Waals surface area contributed by atoms with Crippen molar-refractivity contribution in [2.75, 3.05) is 12.4 Å². The molecule has 0 saturated carbocycles. The molecule has 0 fully saturated rings. The Hall–Kier alpha value is -1.32. The van der Waals surface area contributed by atoms with Gasteiger partial charge in [0.2, 0.25) is 0 Å². The predicted molar refractivity (Wildman–Crippen MR) is 71.1 cm³/mol. The number of nitrogens with two attached hydrogens (primary N) is 1. The van der Waals surface area contributed by atoms with E-state index in [0.29, 0.717) is 0 Å². The third-order valence-electron chi connectivity index (χ3n) is 2.72. The van der Waals surface area contributed by atoms with Gasteiger partial charge in [-0.1, -0.05) is 12.1 Å². The van der Waals surface area contributed by atoms with Gasteiger partial charge in [0.25, 0.3) is 0 Å². The van der Waals surface area contributed by atoms with Gasteiger partial charge in [0, 0.05) is 17.6 Å². The zero-order chi connectivity index (χ0) is 11.5. The van der Waals surface area contributed by atoms with Crippen LogP contribution in [0.5, 0.6) is 0 Å². The molecule has 1 heterocycles. The van der Waals surface area contributed by atoms with Crippen LogP contribution in [0.25, 0.3) is 0 Å². The first-order valence-electron chi connectivity index (χ1n) is 5.29. The largest absolute Gasteiger partial charge is 0.388 e. The smallest absolute Gasteiger partial charge is 0.0649 e. The Balaban J connectivity index is 2.33. The molecule has 0 aliphatic rings. The summed E-state index contributed by atoms with van der Waals surface area (Å²) in [5, 5.41) is 5.22. The molecule has 2 aromatic rings. The number of hydrogen-bond acceptors (Lipinski definition) is 3. The molecule has 84 valence electrons. The van der Waals surface area contributed by atoms with E-state index >= 15 is 0 Å². The van der Waals surface area contributed by atoms with E-state index in [1.807, 2.05) is 19.2 Å². The average Bonchev–Trinajstić information content (AvgIpc) is 2.74. The molecule has 1 aromatic heterocycles. The van der Waals surface area contributed by atoms with Gasteiger partial charge in [-0.15, -0.1) is 11.3 Å². The molecular formula is C13H16N2S. The number of thiophene rings is 1. The van der Waals surface area contributed by atoms with E-state index in [2.05, 4.69) is 35.8 Å². The Morgan fingerprint density at radius 2 is 2.12 bits per heavy atom. The van der Waals surface area contributed by atoms with Crippen molar-refractivity contribution in [3.8, 4) is 0 Å². The maximum Gasteiger partial charge on any atom is 0.0649 e. The molecule has 2 nitrogen and oxygen atoms in total. The third kappa shape index (κ3) is 2.10. The van der Waals surface area contributed by atoms with Crippen molar-refractivity contribution < 1.29 is 0 Å². The molecule has 1 atom stereocenters. The van der Waals surface area contributed by atoms with Gasteiger partial charge >= 0.3 is 0 Å². The number of benzene rings is 1. The Kier molecular flexibility index (Phi) is 3.27. The fourth-order valence-corrected chi connectivity index (χ4v) is 2.70. The summed E-state index contributed by atoms with van der Waals surface area (Å²) >= 11 is 1.72. The van der Waals surface area contributed by atoms with Crippen molar-refractivity contribution >= 4 is 17.0 Å². The molecule has 0 saturated heterocycles. The lowest BCUT2D eigenvalue weighted by Gasteiger charge is -2.13. The van der Waals surface area contributed by atoms with Crippen molar-refractivity contribution in [1.29, 1.82) is 0 Å². The van der Waals surface area contributed by atoms with E-state index in [9.17, 15) is 0 Å². The minimum atomic E-state index is -0.0201. The van der Waals surface area contributed by atoms with Gasteiger partial charge in [0.1, 0.15) is 0 Å². The van der Waals surface area contributed by atoms with Gasteiger partial charge in [0.05, 0.1) is 6.04 Å². The molecule has 0 spiro atoms. The first-order chi connectivity index (χ1) is 7.72. The molecule has 2 rings (SSSR count). The fourth-order valence-electron chi connectivity index (χ4n) is 1.74. The standard InChI is InChI=1S/C13H16N2S/c1-9-6-7-16-13(9)12(14)10-4-3-5-11(8-10)15-2/h3-8,12,15H,14H2,1-2H3. The SMILES string of the molecule is CNc1cccc(C(N)c2sccc2C)c1. The molecule has 0 aliphatic carbocycles. The number of aryl methyl sites for hydroxylation is 1. The highest BCUT2D eigenvalue weighted by Gasteiger charge is 2.12. The molecule has 0 aliphatic heterocycles. The van der Waals surface area contributed by atoms with Gasteiger partial charge in [-0.3, -0.25) is 0 Å². The maximum absolute atomic E-state index is 6.27. The number of rotatable bonds is 3. The Labute approximate surface area is 100 Å². The third-order valence-corrected chi connectivity index (χ3v) is 3.82. The molecular weight excluding hydrogens is 216 g/mol. The van der Waals surface area contributed by atoms with Crippen LogP contribution in [0.15, 0.2) is 35.7 Å². The Bertz CT molecular complexity index is 476. The first kappa shape index (κ1) is 11.2. The lowest BCUT2D eigenvalue weighted by atomic mass is 10.0. The van der Waals surface area contributed by atoms with Crippen LogP contribution in [0.4, 0.5) is 5.69 Å². The molecule has 1 unspecified atom stereocenters. The van der Waals surface area contributed by atoms with E-state index in [1.165, 1.54) is 10.4 Å². The van der Waals surface area contributed by atoms with E-state index in [-0.39, 0.29) is 6.04 Å². The van der Waals surface area contributed by atoms with Crippen LogP contribution in [0, 0.1) is 6.92 Å². The normalized spacial score (nSPS) is 12.4. The van der Waals surface area contributed by atoms with E-state index in [4.69, 9.17) is 5.73 Å². The molecule has 3 heteroatoms. The Morgan fingerprint density at radius 3 is 2.75 bits per heavy atom. The molecule has 1 aromatic carbocycles. The van der Waals surface area contributed by atoms with Crippen molar-refractivity contribution in [3.63, 3.8) is 0 Å². The van der Waals surface area contributed by atoms with Gasteiger partial charge in [0.15, 0.2) is 0 Å². The lowest BCUT2D eigenvalue weighted by molar-refractivity contribution is 0.885. The van der Waals surface area contributed by atoms with Crippen LogP contribution >= 0.6 is 11.3 Å². The highest BCUT2D eigenvalue weighted by molar-refractivity contribution is 7.10. The summed E-state index contributed by atoms with van der Waals surface area (Å²) in [5.74, 6) is 0. The van der Waals surface area contributed by atoms with E-state index < -0.39 is 0 Å². The molecule has 0 bridgehead atoms. The van der Waals surface area contributed by atoms with Crippen LogP contribution in [-0.4, -0.2) is 7.05 Å². The zero-order valence-corrected chi connectivity index (χ0v) is 10.3. The van der Waals surface area contributed by atoms with Crippen molar-refractivity contribution in [2.24, 2.45) is 5.73 Å². The van der Waals surface area contributed by atoms with Gasteiger partial charge in [-0.2, -0.15) is 0 Å². The summed E-state index contributed by atoms with van der Waals surface area (Å²) in [4.78, 5) is 1.24. The van der Waals surface area contributed by atoms with Crippen molar-refractivity contribution in [3.05, 3.63) is 51.7 Å². The highest BCUT2D eigenvalue weighted by atomic mass is 32.1. The molecule has 0 amide bonds. The number of nitrogens with one attached hydrogen (secondary N) is 1. The maximum atomic E-state index is 6.27. The lowest BCUT2D eigenvalue weighted by Crippen LogP contribution is -2.11. The van der Waals surface area contributed by atoms with E-state index in [0.717, 1.165) is 11.3 Å². The van der Waals surface area contributed by atoms with Gasteiger partial charge in [-0.25, -0.2) is 0 Å². The van der Waals surface area contributed by atoms with E-state index in [1.54, 1.807) is 11.3 Å². The monoisotopic (exact) mass is 232 g/mol. The minimum absolute atomic E-state index is 0.0201. The summed E-state index contributed by atoms with van der Waals surface area (Å²) in [7, 11) is 1.92. The second kappa shape index (κ2) is 4.68. The second-order valence-corrected chi connectivity index (χ2v) is 4.77. The fraction of sp³-hybridized carbons (Fsp3) is 0.231.